The molecule has 0 aliphatic carbocycles. The number of aryl methyl sites for hydroxylation is 1. The second kappa shape index (κ2) is 5.95. The highest BCUT2D eigenvalue weighted by Gasteiger charge is 2.43. The summed E-state index contributed by atoms with van der Waals surface area (Å²) < 4.78 is 22.6. The lowest BCUT2D eigenvalue weighted by molar-refractivity contribution is 0.371. The van der Waals surface area contributed by atoms with Crippen LogP contribution in [0, 0.1) is 6.92 Å². The van der Waals surface area contributed by atoms with Crippen LogP contribution in [0.2, 0.25) is 0 Å². The Labute approximate surface area is 149 Å². The van der Waals surface area contributed by atoms with Crippen molar-refractivity contribution in [1.29, 1.82) is 0 Å². The van der Waals surface area contributed by atoms with Gasteiger partial charge in [0.05, 0.1) is 16.3 Å². The van der Waals surface area contributed by atoms with Crippen LogP contribution in [-0.4, -0.2) is 34.4 Å². The third kappa shape index (κ3) is 2.39. The van der Waals surface area contributed by atoms with Crippen LogP contribution in [0.25, 0.3) is 5.69 Å². The zero-order valence-corrected chi connectivity index (χ0v) is 15.8. The summed E-state index contributed by atoms with van der Waals surface area (Å²) in [6, 6.07) is 13.6. The molecule has 2 aromatic heterocycles. The zero-order valence-electron chi connectivity index (χ0n) is 14.1. The molecular formula is C17H17N4O2PS. The van der Waals surface area contributed by atoms with Gasteiger partial charge >= 0.3 is 7.52 Å². The van der Waals surface area contributed by atoms with Crippen LogP contribution < -0.4 is 5.30 Å². The first-order valence-electron chi connectivity index (χ1n) is 7.74. The fraction of sp³-hybridized carbons (Fsp3) is 0.176. The number of hydrogen-bond donors (Lipinski definition) is 0. The molecule has 8 heteroatoms. The topological polar surface area (TPSA) is 59.7 Å². The predicted octanol–water partition coefficient (Wildman–Crippen LogP) is 3.73. The average molecular weight is 372 g/mol. The van der Waals surface area contributed by atoms with E-state index in [9.17, 15) is 4.57 Å². The number of thiophene rings is 1. The lowest BCUT2D eigenvalue weighted by Crippen LogP contribution is -2.33. The Morgan fingerprint density at radius 1 is 1.16 bits per heavy atom. The first-order chi connectivity index (χ1) is 12.1. The molecule has 3 heterocycles. The van der Waals surface area contributed by atoms with Crippen LogP contribution in [0.4, 0.5) is 5.82 Å². The fourth-order valence-electron chi connectivity index (χ4n) is 2.97. The fourth-order valence-corrected chi connectivity index (χ4v) is 5.77. The Balaban J connectivity index is 2.02. The van der Waals surface area contributed by atoms with E-state index in [0.29, 0.717) is 22.7 Å². The maximum absolute atomic E-state index is 13.7. The second-order valence-electron chi connectivity index (χ2n) is 5.64. The number of para-hydroxylation sites is 1. The standard InChI is InChI=1S/C17H17N4O2PS/c1-12-15-17(21(19-12)13-8-5-4-6-9-13)18-16(14-10-7-11-25-14)20(2)24(15,22)23-3/h4-11H,1-3H3. The van der Waals surface area contributed by atoms with E-state index in [1.54, 1.807) is 27.7 Å². The summed E-state index contributed by atoms with van der Waals surface area (Å²) in [5, 5.41) is 7.12. The molecule has 0 spiro atoms. The predicted molar refractivity (Wildman–Crippen MR) is 101 cm³/mol. The van der Waals surface area contributed by atoms with Crippen LogP contribution in [-0.2, 0) is 9.09 Å². The minimum atomic E-state index is -3.28. The van der Waals surface area contributed by atoms with Crippen molar-refractivity contribution in [3.8, 4) is 5.69 Å². The summed E-state index contributed by atoms with van der Waals surface area (Å²) in [4.78, 5) is 5.74. The van der Waals surface area contributed by atoms with E-state index >= 15 is 0 Å². The molecule has 4 rings (SSSR count). The van der Waals surface area contributed by atoms with Crippen LogP contribution >= 0.6 is 18.9 Å². The number of hydrogen-bond acceptors (Lipinski definition) is 5. The van der Waals surface area contributed by atoms with E-state index in [4.69, 9.17) is 9.52 Å². The highest BCUT2D eigenvalue weighted by molar-refractivity contribution is 7.66. The van der Waals surface area contributed by atoms with E-state index in [1.807, 2.05) is 54.8 Å². The Bertz CT molecular complexity index is 995. The first kappa shape index (κ1) is 16.3. The Morgan fingerprint density at radius 2 is 1.92 bits per heavy atom. The summed E-state index contributed by atoms with van der Waals surface area (Å²) in [5.74, 6) is 1.19. The zero-order chi connectivity index (χ0) is 17.6. The largest absolute Gasteiger partial charge is 0.332 e. The molecule has 1 aliphatic heterocycles. The molecule has 128 valence electrons. The maximum Gasteiger partial charge on any atom is 0.332 e. The van der Waals surface area contributed by atoms with E-state index in [0.717, 1.165) is 10.6 Å². The average Bonchev–Trinajstić information content (AvgIpc) is 3.27. The molecule has 1 atom stereocenters. The summed E-state index contributed by atoms with van der Waals surface area (Å²) in [7, 11) is -0.0589. The Hall–Kier alpha value is -2.21. The van der Waals surface area contributed by atoms with E-state index in [-0.39, 0.29) is 0 Å². The van der Waals surface area contributed by atoms with Gasteiger partial charge < -0.3 is 4.52 Å². The number of fused-ring (bicyclic) bond motifs is 1. The molecule has 0 bridgehead atoms. The van der Waals surface area contributed by atoms with Crippen molar-refractivity contribution in [2.24, 2.45) is 4.99 Å². The van der Waals surface area contributed by atoms with Crippen molar-refractivity contribution in [3.63, 3.8) is 0 Å². The normalized spacial score (nSPS) is 19.6. The van der Waals surface area contributed by atoms with Crippen molar-refractivity contribution in [1.82, 2.24) is 14.5 Å². The Morgan fingerprint density at radius 3 is 2.56 bits per heavy atom. The molecule has 0 radical (unpaired) electrons. The van der Waals surface area contributed by atoms with Gasteiger partial charge in [-0.05, 0) is 30.5 Å². The van der Waals surface area contributed by atoms with Crippen LogP contribution in [0.5, 0.6) is 0 Å². The number of aliphatic imine (C=N–C) groups is 1. The molecule has 0 fully saturated rings. The van der Waals surface area contributed by atoms with Gasteiger partial charge in [0.25, 0.3) is 0 Å². The molecule has 1 aliphatic rings. The van der Waals surface area contributed by atoms with Crippen molar-refractivity contribution in [3.05, 3.63) is 58.4 Å². The van der Waals surface area contributed by atoms with Gasteiger partial charge in [-0.15, -0.1) is 11.3 Å². The van der Waals surface area contributed by atoms with Gasteiger partial charge in [0.2, 0.25) is 0 Å². The van der Waals surface area contributed by atoms with Crippen molar-refractivity contribution >= 4 is 35.8 Å². The Kier molecular flexibility index (Phi) is 3.87. The summed E-state index contributed by atoms with van der Waals surface area (Å²) >= 11 is 1.55. The monoisotopic (exact) mass is 372 g/mol. The molecule has 25 heavy (non-hydrogen) atoms. The molecule has 0 saturated heterocycles. The van der Waals surface area contributed by atoms with E-state index in [2.05, 4.69) is 5.10 Å². The molecule has 6 nitrogen and oxygen atoms in total. The number of benzene rings is 1. The molecule has 0 amide bonds. The van der Waals surface area contributed by atoms with Crippen LogP contribution in [0.1, 0.15) is 10.6 Å². The molecule has 0 N–H and O–H groups in total. The number of amidine groups is 1. The van der Waals surface area contributed by atoms with E-state index < -0.39 is 7.52 Å². The number of aromatic nitrogens is 2. The van der Waals surface area contributed by atoms with Gasteiger partial charge in [0.15, 0.2) is 11.7 Å². The summed E-state index contributed by atoms with van der Waals surface area (Å²) in [5.41, 5.74) is 1.53. The maximum atomic E-state index is 13.7. The molecular weight excluding hydrogens is 355 g/mol. The second-order valence-corrected chi connectivity index (χ2v) is 9.05. The number of rotatable bonds is 3. The smallest absolute Gasteiger partial charge is 0.313 e. The third-order valence-corrected chi connectivity index (χ3v) is 7.62. The lowest BCUT2D eigenvalue weighted by atomic mass is 10.3. The SMILES string of the molecule is COP1(=O)c2c(C)nn(-c3ccccc3)c2N=C(c2cccs2)N1C. The van der Waals surface area contributed by atoms with E-state index in [1.165, 1.54) is 7.11 Å². The molecule has 0 saturated carbocycles. The third-order valence-electron chi connectivity index (χ3n) is 4.19. The quantitative estimate of drug-likeness (QED) is 0.658. The highest BCUT2D eigenvalue weighted by atomic mass is 32.1. The van der Waals surface area contributed by atoms with Gasteiger partial charge in [-0.25, -0.2) is 9.67 Å². The van der Waals surface area contributed by atoms with Gasteiger partial charge in [0.1, 0.15) is 5.30 Å². The molecule has 3 aromatic rings. The van der Waals surface area contributed by atoms with Crippen LogP contribution in [0.3, 0.4) is 0 Å². The van der Waals surface area contributed by atoms with Crippen LogP contribution in [0.15, 0.2) is 52.8 Å². The van der Waals surface area contributed by atoms with Crippen molar-refractivity contribution in [2.75, 3.05) is 14.2 Å². The van der Waals surface area contributed by atoms with Crippen molar-refractivity contribution in [2.45, 2.75) is 6.92 Å². The first-order valence-corrected chi connectivity index (χ1v) is 10.2. The molecule has 1 unspecified atom stereocenters. The van der Waals surface area contributed by atoms with Gasteiger partial charge in [-0.2, -0.15) is 5.10 Å². The number of nitrogens with zero attached hydrogens (tertiary/aromatic N) is 4. The van der Waals surface area contributed by atoms with Crippen molar-refractivity contribution < 1.29 is 9.09 Å². The van der Waals surface area contributed by atoms with Gasteiger partial charge in [-0.1, -0.05) is 24.3 Å². The van der Waals surface area contributed by atoms with Gasteiger partial charge in [-0.3, -0.25) is 9.24 Å². The highest BCUT2D eigenvalue weighted by Crippen LogP contribution is 2.54. The lowest BCUT2D eigenvalue weighted by Gasteiger charge is -2.32. The van der Waals surface area contributed by atoms with Gasteiger partial charge in [0, 0.05) is 14.2 Å². The summed E-state index contributed by atoms with van der Waals surface area (Å²) in [6.45, 7) is 1.84. The molecule has 1 aromatic carbocycles. The minimum absolute atomic E-state index is 0.557. The minimum Gasteiger partial charge on any atom is -0.313 e. The summed E-state index contributed by atoms with van der Waals surface area (Å²) in [6.07, 6.45) is 0.